The third kappa shape index (κ3) is 5.66. The fourth-order valence-electron chi connectivity index (χ4n) is 2.71. The molecule has 0 fully saturated rings. The van der Waals surface area contributed by atoms with Gasteiger partial charge < -0.3 is 14.2 Å². The second-order valence-corrected chi connectivity index (χ2v) is 7.02. The molecule has 0 atom stereocenters. The molecule has 3 aromatic rings. The van der Waals surface area contributed by atoms with E-state index < -0.39 is 0 Å². The van der Waals surface area contributed by atoms with Crippen LogP contribution < -0.4 is 14.2 Å². The molecular weight excluding hydrogens is 411 g/mol. The maximum absolute atomic E-state index is 10.9. The van der Waals surface area contributed by atoms with Crippen molar-refractivity contribution < 1.29 is 19.0 Å². The quantitative estimate of drug-likeness (QED) is 0.370. The molecule has 0 N–H and O–H groups in total. The molecule has 150 valence electrons. The van der Waals surface area contributed by atoms with Crippen molar-refractivity contribution in [2.24, 2.45) is 0 Å². The molecule has 0 aliphatic heterocycles. The molecule has 29 heavy (non-hydrogen) atoms. The molecule has 0 radical (unpaired) electrons. The first-order valence-corrected chi connectivity index (χ1v) is 9.85. The summed E-state index contributed by atoms with van der Waals surface area (Å²) in [4.78, 5) is 10.9. The van der Waals surface area contributed by atoms with Crippen LogP contribution in [0.4, 0.5) is 0 Å². The maximum atomic E-state index is 10.9. The van der Waals surface area contributed by atoms with Crippen molar-refractivity contribution in [3.05, 3.63) is 87.4 Å². The summed E-state index contributed by atoms with van der Waals surface area (Å²) in [5, 5.41) is 0.569. The van der Waals surface area contributed by atoms with E-state index in [1.165, 1.54) is 12.1 Å². The van der Waals surface area contributed by atoms with E-state index in [1.807, 2.05) is 55.5 Å². The summed E-state index contributed by atoms with van der Waals surface area (Å²) in [5.74, 6) is 1.63. The summed E-state index contributed by atoms with van der Waals surface area (Å²) in [5.41, 5.74) is 2.34. The largest absolute Gasteiger partial charge is 0.490 e. The number of benzene rings is 3. The predicted octanol–water partition coefficient (Wildman–Crippen LogP) is 6.36. The predicted molar refractivity (Wildman–Crippen MR) is 115 cm³/mol. The molecule has 4 nitrogen and oxygen atoms in total. The Hall–Kier alpha value is -2.69. The zero-order valence-electron chi connectivity index (χ0n) is 15.9. The minimum Gasteiger partial charge on any atom is -0.490 e. The molecule has 0 bridgehead atoms. The molecule has 3 rings (SSSR count). The molecule has 3 aromatic carbocycles. The highest BCUT2D eigenvalue weighted by atomic mass is 35.5. The van der Waals surface area contributed by atoms with Crippen molar-refractivity contribution in [2.45, 2.75) is 20.1 Å². The van der Waals surface area contributed by atoms with Crippen molar-refractivity contribution >= 4 is 29.5 Å². The van der Waals surface area contributed by atoms with E-state index in [2.05, 4.69) is 0 Å². The highest BCUT2D eigenvalue weighted by Gasteiger charge is 2.12. The van der Waals surface area contributed by atoms with Crippen LogP contribution in [0.25, 0.3) is 0 Å². The number of carbonyl (C=O) groups is 1. The second kappa shape index (κ2) is 10.2. The molecule has 6 heteroatoms. The lowest BCUT2D eigenvalue weighted by atomic mass is 10.2. The molecule has 0 unspecified atom stereocenters. The Labute approximate surface area is 179 Å². The summed E-state index contributed by atoms with van der Waals surface area (Å²) in [6, 6.07) is 18.6. The number of hydrogen-bond donors (Lipinski definition) is 0. The average Bonchev–Trinajstić information content (AvgIpc) is 2.73. The molecule has 0 saturated heterocycles. The van der Waals surface area contributed by atoms with Crippen molar-refractivity contribution in [2.75, 3.05) is 6.61 Å². The lowest BCUT2D eigenvalue weighted by Crippen LogP contribution is -2.02. The first-order chi connectivity index (χ1) is 14.1. The highest BCUT2D eigenvalue weighted by Crippen LogP contribution is 2.35. The van der Waals surface area contributed by atoms with Gasteiger partial charge in [0.15, 0.2) is 17.2 Å². The van der Waals surface area contributed by atoms with E-state index in [4.69, 9.17) is 37.4 Å². The maximum Gasteiger partial charge on any atom is 0.161 e. The van der Waals surface area contributed by atoms with Gasteiger partial charge in [0.2, 0.25) is 0 Å². The van der Waals surface area contributed by atoms with Gasteiger partial charge in [-0.2, -0.15) is 0 Å². The van der Waals surface area contributed by atoms with E-state index in [0.29, 0.717) is 42.3 Å². The monoisotopic (exact) mass is 430 g/mol. The van der Waals surface area contributed by atoms with Gasteiger partial charge in [-0.1, -0.05) is 59.6 Å². The van der Waals surface area contributed by atoms with Gasteiger partial charge in [0, 0.05) is 5.56 Å². The van der Waals surface area contributed by atoms with Gasteiger partial charge in [0.25, 0.3) is 0 Å². The summed E-state index contributed by atoms with van der Waals surface area (Å²) in [6.45, 7) is 3.11. The van der Waals surface area contributed by atoms with E-state index in [1.54, 1.807) is 0 Å². The van der Waals surface area contributed by atoms with Crippen LogP contribution >= 0.6 is 23.2 Å². The van der Waals surface area contributed by atoms with E-state index in [9.17, 15) is 4.79 Å². The topological polar surface area (TPSA) is 44.8 Å². The van der Waals surface area contributed by atoms with Gasteiger partial charge in [0.05, 0.1) is 16.7 Å². The minimum atomic E-state index is 0.235. The number of halogens is 2. The Morgan fingerprint density at radius 1 is 0.793 bits per heavy atom. The molecule has 0 saturated carbocycles. The van der Waals surface area contributed by atoms with Crippen molar-refractivity contribution in [1.82, 2.24) is 0 Å². The highest BCUT2D eigenvalue weighted by molar-refractivity contribution is 6.37. The van der Waals surface area contributed by atoms with Crippen LogP contribution in [0.3, 0.4) is 0 Å². The van der Waals surface area contributed by atoms with Crippen LogP contribution in [-0.2, 0) is 13.2 Å². The van der Waals surface area contributed by atoms with Crippen molar-refractivity contribution in [3.8, 4) is 17.2 Å². The number of hydrogen-bond acceptors (Lipinski definition) is 4. The number of carbonyl (C=O) groups excluding carboxylic acids is 1. The van der Waals surface area contributed by atoms with Crippen LogP contribution in [0.2, 0.25) is 10.0 Å². The first kappa shape index (κ1) is 21.0. The summed E-state index contributed by atoms with van der Waals surface area (Å²) < 4.78 is 17.4. The third-order valence-corrected chi connectivity index (χ3v) is 4.65. The minimum absolute atomic E-state index is 0.235. The fourth-order valence-corrected chi connectivity index (χ4v) is 3.32. The number of rotatable bonds is 9. The Bertz CT molecular complexity index is 951. The van der Waals surface area contributed by atoms with Crippen LogP contribution in [0.1, 0.15) is 28.4 Å². The molecule has 0 aromatic heterocycles. The van der Waals surface area contributed by atoms with Gasteiger partial charge in [-0.15, -0.1) is 0 Å². The van der Waals surface area contributed by atoms with Gasteiger partial charge in [-0.05, 0) is 42.3 Å². The SMILES string of the molecule is CCOc1cc(COc2c(Cl)cc(C=O)cc2Cl)ccc1OCc1ccccc1. The van der Waals surface area contributed by atoms with Crippen LogP contribution in [0.15, 0.2) is 60.7 Å². The smallest absolute Gasteiger partial charge is 0.161 e. The van der Waals surface area contributed by atoms with Crippen LogP contribution in [-0.4, -0.2) is 12.9 Å². The second-order valence-electron chi connectivity index (χ2n) is 6.21. The van der Waals surface area contributed by atoms with Crippen molar-refractivity contribution in [3.63, 3.8) is 0 Å². The molecule has 0 spiro atoms. The Balaban J connectivity index is 1.72. The average molecular weight is 431 g/mol. The molecule has 0 aliphatic carbocycles. The molecular formula is C23H20Cl2O4. The third-order valence-electron chi connectivity index (χ3n) is 4.08. The standard InChI is InChI=1S/C23H20Cl2O4/c1-2-27-22-12-17(8-9-21(22)28-14-16-6-4-3-5-7-16)15-29-23-19(24)10-18(13-26)11-20(23)25/h3-13H,2,14-15H2,1H3. The molecule has 0 aliphatic rings. The number of ether oxygens (including phenoxy) is 3. The summed E-state index contributed by atoms with van der Waals surface area (Å²) >= 11 is 12.3. The van der Waals surface area contributed by atoms with Crippen LogP contribution in [0.5, 0.6) is 17.2 Å². The van der Waals surface area contributed by atoms with E-state index in [-0.39, 0.29) is 16.7 Å². The zero-order chi connectivity index (χ0) is 20.6. The summed E-state index contributed by atoms with van der Waals surface area (Å²) in [7, 11) is 0. The Kier molecular flexibility index (Phi) is 7.39. The fraction of sp³-hybridized carbons (Fsp3) is 0.174. The lowest BCUT2D eigenvalue weighted by molar-refractivity contribution is 0.112. The van der Waals surface area contributed by atoms with Gasteiger partial charge >= 0.3 is 0 Å². The van der Waals surface area contributed by atoms with Crippen molar-refractivity contribution in [1.29, 1.82) is 0 Å². The summed E-state index contributed by atoms with van der Waals surface area (Å²) in [6.07, 6.45) is 0.685. The lowest BCUT2D eigenvalue weighted by Gasteiger charge is -2.15. The number of aldehydes is 1. The zero-order valence-corrected chi connectivity index (χ0v) is 17.4. The van der Waals surface area contributed by atoms with E-state index >= 15 is 0 Å². The van der Waals surface area contributed by atoms with Gasteiger partial charge in [0.1, 0.15) is 19.5 Å². The van der Waals surface area contributed by atoms with Gasteiger partial charge in [-0.3, -0.25) is 4.79 Å². The van der Waals surface area contributed by atoms with Gasteiger partial charge in [-0.25, -0.2) is 0 Å². The Morgan fingerprint density at radius 2 is 1.48 bits per heavy atom. The van der Waals surface area contributed by atoms with Crippen LogP contribution in [0, 0.1) is 0 Å². The molecule has 0 heterocycles. The molecule has 0 amide bonds. The normalized spacial score (nSPS) is 10.4. The Morgan fingerprint density at radius 3 is 2.14 bits per heavy atom. The first-order valence-electron chi connectivity index (χ1n) is 9.10. The van der Waals surface area contributed by atoms with E-state index in [0.717, 1.165) is 11.1 Å².